The van der Waals surface area contributed by atoms with Crippen molar-refractivity contribution in [2.24, 2.45) is 0 Å². The maximum absolute atomic E-state index is 12.6. The van der Waals surface area contributed by atoms with Crippen LogP contribution in [-0.2, 0) is 16.3 Å². The van der Waals surface area contributed by atoms with Gasteiger partial charge in [0.05, 0.1) is 26.4 Å². The van der Waals surface area contributed by atoms with Crippen LogP contribution in [0.2, 0.25) is 0 Å². The van der Waals surface area contributed by atoms with Gasteiger partial charge < -0.3 is 0 Å². The zero-order valence-electron chi connectivity index (χ0n) is 13.9. The van der Waals surface area contributed by atoms with Crippen LogP contribution in [0, 0.1) is 0 Å². The number of thiazole rings is 1. The molecule has 25 heavy (non-hydrogen) atoms. The van der Waals surface area contributed by atoms with Crippen molar-refractivity contribution in [1.82, 2.24) is 4.98 Å². The number of carbonyl (C=O) groups excluding carboxylic acids is 1. The van der Waals surface area contributed by atoms with Crippen LogP contribution in [-0.4, -0.2) is 25.1 Å². The molecule has 0 saturated heterocycles. The van der Waals surface area contributed by atoms with E-state index in [9.17, 15) is 13.2 Å². The number of aromatic nitrogens is 1. The Morgan fingerprint density at radius 3 is 2.64 bits per heavy atom. The molecule has 0 atom stereocenters. The van der Waals surface area contributed by atoms with Crippen LogP contribution >= 0.6 is 11.3 Å². The third-order valence-corrected chi connectivity index (χ3v) is 6.65. The summed E-state index contributed by atoms with van der Waals surface area (Å²) in [6.07, 6.45) is 0.928. The predicted molar refractivity (Wildman–Crippen MR) is 101 cm³/mol. The summed E-state index contributed by atoms with van der Waals surface area (Å²) >= 11 is 1.38. The second-order valence-corrected chi connectivity index (χ2v) is 8.81. The third kappa shape index (κ3) is 3.57. The summed E-state index contributed by atoms with van der Waals surface area (Å²) in [4.78, 5) is 17.0. The Morgan fingerprint density at radius 1 is 1.16 bits per heavy atom. The van der Waals surface area contributed by atoms with E-state index in [1.807, 2.05) is 12.1 Å². The van der Waals surface area contributed by atoms with Crippen molar-refractivity contribution in [3.8, 4) is 0 Å². The first kappa shape index (κ1) is 17.6. The summed E-state index contributed by atoms with van der Waals surface area (Å²) in [6.45, 7) is 3.64. The van der Waals surface area contributed by atoms with Crippen molar-refractivity contribution in [2.45, 2.75) is 25.2 Å². The molecule has 5 nitrogen and oxygen atoms in total. The van der Waals surface area contributed by atoms with Gasteiger partial charge in [0.2, 0.25) is 0 Å². The zero-order chi connectivity index (χ0) is 18.0. The Bertz CT molecular complexity index is 1040. The van der Waals surface area contributed by atoms with Crippen LogP contribution in [0.1, 0.15) is 29.8 Å². The Balaban J connectivity index is 1.93. The summed E-state index contributed by atoms with van der Waals surface area (Å²) in [7, 11) is -3.48. The number of amides is 1. The second-order valence-electron chi connectivity index (χ2n) is 5.53. The molecule has 1 aromatic heterocycles. The first-order chi connectivity index (χ1) is 11.9. The van der Waals surface area contributed by atoms with Gasteiger partial charge in [0.25, 0.3) is 5.91 Å². The monoisotopic (exact) mass is 374 g/mol. The zero-order valence-corrected chi connectivity index (χ0v) is 15.6. The summed E-state index contributed by atoms with van der Waals surface area (Å²) in [5.41, 5.74) is 2.15. The van der Waals surface area contributed by atoms with E-state index in [4.69, 9.17) is 0 Å². The number of fused-ring (bicyclic) bond motifs is 1. The number of carbonyl (C=O) groups is 1. The lowest BCUT2D eigenvalue weighted by Gasteiger charge is -2.08. The lowest BCUT2D eigenvalue weighted by Crippen LogP contribution is -2.17. The fourth-order valence-corrected chi connectivity index (χ4v) is 4.51. The van der Waals surface area contributed by atoms with Crippen LogP contribution < -0.4 is 5.32 Å². The maximum atomic E-state index is 12.6. The molecule has 130 valence electrons. The fourth-order valence-electron chi connectivity index (χ4n) is 2.49. The number of sulfone groups is 1. The van der Waals surface area contributed by atoms with Gasteiger partial charge in [-0.15, -0.1) is 0 Å². The number of anilines is 1. The maximum Gasteiger partial charge on any atom is 0.258 e. The van der Waals surface area contributed by atoms with Crippen LogP contribution in [0.15, 0.2) is 47.4 Å². The molecule has 1 amide bonds. The molecule has 0 aliphatic carbocycles. The topological polar surface area (TPSA) is 76.1 Å². The summed E-state index contributed by atoms with van der Waals surface area (Å²) in [6, 6.07) is 12.2. The molecule has 1 N–H and O–H groups in total. The lowest BCUT2D eigenvalue weighted by molar-refractivity contribution is 0.102. The summed E-state index contributed by atoms with van der Waals surface area (Å²) in [5.74, 6) is -0.527. The Hall–Kier alpha value is -2.25. The minimum atomic E-state index is -3.48. The molecule has 0 saturated carbocycles. The summed E-state index contributed by atoms with van der Waals surface area (Å²) < 4.78 is 25.4. The number of nitrogens with zero attached hydrogens (tertiary/aromatic N) is 1. The van der Waals surface area contributed by atoms with Gasteiger partial charge in [-0.3, -0.25) is 10.1 Å². The number of hydrogen-bond donors (Lipinski definition) is 1. The summed E-state index contributed by atoms with van der Waals surface area (Å²) in [5, 5.41) is 3.18. The van der Waals surface area contributed by atoms with E-state index in [0.717, 1.165) is 16.6 Å². The molecular weight excluding hydrogens is 356 g/mol. The average molecular weight is 374 g/mol. The molecular formula is C18H18N2O3S2. The normalized spacial score (nSPS) is 11.6. The molecule has 0 spiro atoms. The largest absolute Gasteiger partial charge is 0.298 e. The molecule has 3 aromatic rings. The number of hydrogen-bond acceptors (Lipinski definition) is 5. The van der Waals surface area contributed by atoms with Gasteiger partial charge in [0.15, 0.2) is 15.0 Å². The smallest absolute Gasteiger partial charge is 0.258 e. The number of benzene rings is 2. The van der Waals surface area contributed by atoms with Gasteiger partial charge in [-0.1, -0.05) is 43.4 Å². The minimum absolute atomic E-state index is 0.0457. The van der Waals surface area contributed by atoms with E-state index in [-0.39, 0.29) is 16.2 Å². The van der Waals surface area contributed by atoms with Crippen molar-refractivity contribution < 1.29 is 13.2 Å². The fraction of sp³-hybridized carbons (Fsp3) is 0.222. The SMILES string of the molecule is CCc1ccc2nc(NC(=O)c3ccccc3S(=O)(=O)CC)sc2c1. The number of rotatable bonds is 5. The molecule has 0 radical (unpaired) electrons. The Morgan fingerprint density at radius 2 is 1.92 bits per heavy atom. The van der Waals surface area contributed by atoms with Crippen molar-refractivity contribution in [2.75, 3.05) is 11.1 Å². The Labute approximate surface area is 150 Å². The Kier molecular flexibility index (Phi) is 4.87. The van der Waals surface area contributed by atoms with E-state index < -0.39 is 15.7 Å². The third-order valence-electron chi connectivity index (χ3n) is 3.93. The van der Waals surface area contributed by atoms with Crippen LogP contribution in [0.3, 0.4) is 0 Å². The van der Waals surface area contributed by atoms with Gasteiger partial charge in [-0.05, 0) is 36.2 Å². The van der Waals surface area contributed by atoms with Gasteiger partial charge in [0, 0.05) is 0 Å². The first-order valence-electron chi connectivity index (χ1n) is 7.97. The van der Waals surface area contributed by atoms with Gasteiger partial charge >= 0.3 is 0 Å². The predicted octanol–water partition coefficient (Wildman–Crippen LogP) is 3.90. The molecule has 0 bridgehead atoms. The van der Waals surface area contributed by atoms with E-state index in [0.29, 0.717) is 5.13 Å². The molecule has 0 unspecified atom stereocenters. The molecule has 2 aromatic carbocycles. The molecule has 3 rings (SSSR count). The molecule has 1 heterocycles. The van der Waals surface area contributed by atoms with Crippen molar-refractivity contribution >= 4 is 42.4 Å². The average Bonchev–Trinajstić information content (AvgIpc) is 3.02. The molecule has 0 fully saturated rings. The molecule has 0 aliphatic heterocycles. The van der Waals surface area contributed by atoms with Crippen LogP contribution in [0.4, 0.5) is 5.13 Å². The van der Waals surface area contributed by atoms with E-state index in [1.54, 1.807) is 19.1 Å². The standard InChI is InChI=1S/C18H18N2O3S2/c1-3-12-9-10-14-15(11-12)24-18(19-14)20-17(21)13-7-5-6-8-16(13)25(22,23)4-2/h5-11H,3-4H2,1-2H3,(H,19,20,21). The number of nitrogens with one attached hydrogen (secondary N) is 1. The minimum Gasteiger partial charge on any atom is -0.298 e. The van der Waals surface area contributed by atoms with Crippen molar-refractivity contribution in [3.05, 3.63) is 53.6 Å². The van der Waals surface area contributed by atoms with Crippen molar-refractivity contribution in [3.63, 3.8) is 0 Å². The van der Waals surface area contributed by atoms with Crippen LogP contribution in [0.5, 0.6) is 0 Å². The quantitative estimate of drug-likeness (QED) is 0.735. The lowest BCUT2D eigenvalue weighted by atomic mass is 10.2. The molecule has 0 aliphatic rings. The van der Waals surface area contributed by atoms with E-state index in [1.165, 1.54) is 29.0 Å². The number of aryl methyl sites for hydroxylation is 1. The second kappa shape index (κ2) is 6.93. The van der Waals surface area contributed by atoms with E-state index in [2.05, 4.69) is 23.3 Å². The van der Waals surface area contributed by atoms with Gasteiger partial charge in [-0.2, -0.15) is 0 Å². The first-order valence-corrected chi connectivity index (χ1v) is 10.4. The van der Waals surface area contributed by atoms with E-state index >= 15 is 0 Å². The van der Waals surface area contributed by atoms with Crippen molar-refractivity contribution in [1.29, 1.82) is 0 Å². The highest BCUT2D eigenvalue weighted by Gasteiger charge is 2.21. The highest BCUT2D eigenvalue weighted by Crippen LogP contribution is 2.28. The van der Waals surface area contributed by atoms with Gasteiger partial charge in [-0.25, -0.2) is 13.4 Å². The van der Waals surface area contributed by atoms with Gasteiger partial charge in [0.1, 0.15) is 0 Å². The highest BCUT2D eigenvalue weighted by molar-refractivity contribution is 7.91. The van der Waals surface area contributed by atoms with Crippen LogP contribution in [0.25, 0.3) is 10.2 Å². The molecule has 7 heteroatoms. The highest BCUT2D eigenvalue weighted by atomic mass is 32.2.